The molecule has 0 saturated heterocycles. The minimum Gasteiger partial charge on any atom is -0.486 e. The predicted molar refractivity (Wildman–Crippen MR) is 78.8 cm³/mol. The average Bonchev–Trinajstić information content (AvgIpc) is 2.47. The Morgan fingerprint density at radius 1 is 1.15 bits per heavy atom. The molecule has 1 aromatic carbocycles. The van der Waals surface area contributed by atoms with Crippen molar-refractivity contribution in [1.29, 1.82) is 0 Å². The molecule has 1 heterocycles. The number of nitrogens with zero attached hydrogens (tertiary/aromatic N) is 1. The molecule has 0 bridgehead atoms. The van der Waals surface area contributed by atoms with Gasteiger partial charge in [-0.2, -0.15) is 0 Å². The van der Waals surface area contributed by atoms with Crippen LogP contribution in [-0.4, -0.2) is 42.5 Å². The number of hydrogen-bond acceptors (Lipinski definition) is 4. The van der Waals surface area contributed by atoms with Gasteiger partial charge in [-0.25, -0.2) is 0 Å². The van der Waals surface area contributed by atoms with E-state index in [0.717, 1.165) is 13.1 Å². The van der Waals surface area contributed by atoms with E-state index < -0.39 is 5.54 Å². The van der Waals surface area contributed by atoms with Crippen LogP contribution in [0.25, 0.3) is 0 Å². The van der Waals surface area contributed by atoms with E-state index in [0.29, 0.717) is 30.3 Å². The zero-order valence-corrected chi connectivity index (χ0v) is 12.7. The highest BCUT2D eigenvalue weighted by molar-refractivity contribution is 6.03. The third-order valence-corrected chi connectivity index (χ3v) is 3.91. The molecule has 0 radical (unpaired) electrons. The van der Waals surface area contributed by atoms with E-state index in [1.54, 1.807) is 6.07 Å². The molecule has 0 atom stereocenters. The first-order chi connectivity index (χ1) is 9.50. The monoisotopic (exact) mass is 277 g/mol. The summed E-state index contributed by atoms with van der Waals surface area (Å²) in [7, 11) is 0. The van der Waals surface area contributed by atoms with Crippen molar-refractivity contribution in [3.63, 3.8) is 0 Å². The van der Waals surface area contributed by atoms with E-state index in [1.165, 1.54) is 0 Å². The molecular weight excluding hydrogens is 254 g/mol. The van der Waals surface area contributed by atoms with Gasteiger partial charge in [0, 0.05) is 5.56 Å². The van der Waals surface area contributed by atoms with Crippen LogP contribution in [0.5, 0.6) is 11.5 Å². The van der Waals surface area contributed by atoms with Gasteiger partial charge in [0.1, 0.15) is 13.2 Å². The molecule has 1 aromatic rings. The van der Waals surface area contributed by atoms with E-state index in [-0.39, 0.29) is 5.78 Å². The Hall–Kier alpha value is -1.55. The SMILES string of the molecule is CCN(CC)C(C)(C)C(=O)c1ccc2c(c1)OCCO2. The van der Waals surface area contributed by atoms with E-state index in [9.17, 15) is 4.79 Å². The first kappa shape index (κ1) is 14.9. The van der Waals surface area contributed by atoms with Crippen LogP contribution in [0, 0.1) is 0 Å². The smallest absolute Gasteiger partial charge is 0.182 e. The number of Topliss-reactive ketones (excluding diaryl/α,β-unsaturated/α-hetero) is 1. The lowest BCUT2D eigenvalue weighted by Gasteiger charge is -2.36. The van der Waals surface area contributed by atoms with Crippen molar-refractivity contribution in [3.8, 4) is 11.5 Å². The fraction of sp³-hybridized carbons (Fsp3) is 0.562. The van der Waals surface area contributed by atoms with E-state index in [2.05, 4.69) is 18.7 Å². The first-order valence-corrected chi connectivity index (χ1v) is 7.20. The fourth-order valence-corrected chi connectivity index (χ4v) is 2.70. The maximum atomic E-state index is 12.8. The highest BCUT2D eigenvalue weighted by atomic mass is 16.6. The molecular formula is C16H23NO3. The Morgan fingerprint density at radius 2 is 1.75 bits per heavy atom. The summed E-state index contributed by atoms with van der Waals surface area (Å²) in [6, 6.07) is 5.43. The lowest BCUT2D eigenvalue weighted by atomic mass is 9.91. The summed E-state index contributed by atoms with van der Waals surface area (Å²) in [5, 5.41) is 0. The number of fused-ring (bicyclic) bond motifs is 1. The van der Waals surface area contributed by atoms with E-state index >= 15 is 0 Å². The molecule has 4 heteroatoms. The van der Waals surface area contributed by atoms with Crippen molar-refractivity contribution < 1.29 is 14.3 Å². The highest BCUT2D eigenvalue weighted by Gasteiger charge is 2.34. The molecule has 1 aliphatic rings. The topological polar surface area (TPSA) is 38.8 Å². The van der Waals surface area contributed by atoms with Crippen molar-refractivity contribution in [3.05, 3.63) is 23.8 Å². The molecule has 110 valence electrons. The molecule has 20 heavy (non-hydrogen) atoms. The Labute approximate surface area is 120 Å². The number of carbonyl (C=O) groups excluding carboxylic acids is 1. The number of ketones is 1. The van der Waals surface area contributed by atoms with Gasteiger partial charge in [0.05, 0.1) is 5.54 Å². The van der Waals surface area contributed by atoms with Crippen LogP contribution in [0.1, 0.15) is 38.1 Å². The van der Waals surface area contributed by atoms with E-state index in [4.69, 9.17) is 9.47 Å². The van der Waals surface area contributed by atoms with Crippen molar-refractivity contribution in [2.45, 2.75) is 33.2 Å². The van der Waals surface area contributed by atoms with Gasteiger partial charge in [-0.15, -0.1) is 0 Å². The third-order valence-electron chi connectivity index (χ3n) is 3.91. The lowest BCUT2D eigenvalue weighted by Crippen LogP contribution is -2.49. The Morgan fingerprint density at radius 3 is 2.35 bits per heavy atom. The lowest BCUT2D eigenvalue weighted by molar-refractivity contribution is 0.0668. The Balaban J connectivity index is 2.29. The molecule has 0 aliphatic carbocycles. The number of rotatable bonds is 5. The molecule has 1 aliphatic heterocycles. The Bertz CT molecular complexity index is 492. The zero-order valence-electron chi connectivity index (χ0n) is 12.7. The van der Waals surface area contributed by atoms with Gasteiger partial charge < -0.3 is 9.47 Å². The minimum atomic E-state index is -0.521. The fourth-order valence-electron chi connectivity index (χ4n) is 2.70. The summed E-state index contributed by atoms with van der Waals surface area (Å²) in [5.41, 5.74) is 0.152. The van der Waals surface area contributed by atoms with Crippen molar-refractivity contribution in [1.82, 2.24) is 4.90 Å². The minimum absolute atomic E-state index is 0.109. The van der Waals surface area contributed by atoms with E-state index in [1.807, 2.05) is 26.0 Å². The van der Waals surface area contributed by atoms with Gasteiger partial charge >= 0.3 is 0 Å². The number of likely N-dealkylation sites (N-methyl/N-ethyl adjacent to an activating group) is 1. The number of carbonyl (C=O) groups is 1. The van der Waals surface area contributed by atoms with Crippen LogP contribution in [0.2, 0.25) is 0 Å². The standard InChI is InChI=1S/C16H23NO3/c1-5-17(6-2)16(3,4)15(18)12-7-8-13-14(11-12)20-10-9-19-13/h7-8,11H,5-6,9-10H2,1-4H3. The summed E-state index contributed by atoms with van der Waals surface area (Å²) < 4.78 is 11.0. The van der Waals surface area contributed by atoms with Crippen molar-refractivity contribution in [2.24, 2.45) is 0 Å². The zero-order chi connectivity index (χ0) is 14.8. The second-order valence-corrected chi connectivity index (χ2v) is 5.42. The van der Waals surface area contributed by atoms with Gasteiger partial charge in [0.25, 0.3) is 0 Å². The molecule has 0 saturated carbocycles. The van der Waals surface area contributed by atoms with Crippen LogP contribution in [0.15, 0.2) is 18.2 Å². The summed E-state index contributed by atoms with van der Waals surface area (Å²) in [6.45, 7) is 10.9. The second-order valence-electron chi connectivity index (χ2n) is 5.42. The molecule has 0 N–H and O–H groups in total. The first-order valence-electron chi connectivity index (χ1n) is 7.20. The maximum Gasteiger partial charge on any atom is 0.182 e. The Kier molecular flexibility index (Phi) is 4.33. The van der Waals surface area contributed by atoms with Gasteiger partial charge in [0.15, 0.2) is 17.3 Å². The normalized spacial score (nSPS) is 14.4. The summed E-state index contributed by atoms with van der Waals surface area (Å²) in [5.74, 6) is 1.49. The predicted octanol–water partition coefficient (Wildman–Crippen LogP) is 2.76. The van der Waals surface area contributed by atoms with Gasteiger partial charge in [-0.05, 0) is 45.1 Å². The van der Waals surface area contributed by atoms with Crippen LogP contribution in [0.4, 0.5) is 0 Å². The van der Waals surface area contributed by atoms with Gasteiger partial charge in [-0.3, -0.25) is 9.69 Å². The van der Waals surface area contributed by atoms with Gasteiger partial charge in [-0.1, -0.05) is 13.8 Å². The summed E-state index contributed by atoms with van der Waals surface area (Å²) in [6.07, 6.45) is 0. The quantitative estimate of drug-likeness (QED) is 0.776. The molecule has 0 unspecified atom stereocenters. The van der Waals surface area contributed by atoms with Crippen LogP contribution < -0.4 is 9.47 Å². The molecule has 4 nitrogen and oxygen atoms in total. The number of ether oxygens (including phenoxy) is 2. The van der Waals surface area contributed by atoms with Crippen LogP contribution in [-0.2, 0) is 0 Å². The summed E-state index contributed by atoms with van der Waals surface area (Å²) >= 11 is 0. The van der Waals surface area contributed by atoms with Gasteiger partial charge in [0.2, 0.25) is 0 Å². The largest absolute Gasteiger partial charge is 0.486 e. The highest BCUT2D eigenvalue weighted by Crippen LogP contribution is 2.32. The molecule has 2 rings (SSSR count). The summed E-state index contributed by atoms with van der Waals surface area (Å²) in [4.78, 5) is 14.9. The molecule has 0 spiro atoms. The maximum absolute atomic E-state index is 12.8. The van der Waals surface area contributed by atoms with Crippen LogP contribution in [0.3, 0.4) is 0 Å². The van der Waals surface area contributed by atoms with Crippen molar-refractivity contribution >= 4 is 5.78 Å². The number of hydrogen-bond donors (Lipinski definition) is 0. The second kappa shape index (κ2) is 5.83. The molecule has 0 fully saturated rings. The average molecular weight is 277 g/mol. The molecule has 0 amide bonds. The third kappa shape index (κ3) is 2.66. The van der Waals surface area contributed by atoms with Crippen LogP contribution >= 0.6 is 0 Å². The molecule has 0 aromatic heterocycles. The van der Waals surface area contributed by atoms with Crippen molar-refractivity contribution in [2.75, 3.05) is 26.3 Å². The number of benzene rings is 1.